The summed E-state index contributed by atoms with van der Waals surface area (Å²) in [7, 11) is 0. The van der Waals surface area contributed by atoms with Crippen molar-refractivity contribution in [2.24, 2.45) is 28.3 Å². The molecule has 0 saturated heterocycles. The largest absolute Gasteiger partial charge is 0.550 e. The molecule has 1 fully saturated rings. The van der Waals surface area contributed by atoms with Gasteiger partial charge in [-0.25, -0.2) is 0 Å². The van der Waals surface area contributed by atoms with E-state index in [2.05, 4.69) is 4.99 Å². The zero-order chi connectivity index (χ0) is 12.1. The molecule has 92 valence electrons. The molecular formula is C11H20N3O2-. The van der Waals surface area contributed by atoms with Gasteiger partial charge < -0.3 is 21.4 Å². The van der Waals surface area contributed by atoms with Gasteiger partial charge in [-0.1, -0.05) is 6.92 Å². The lowest BCUT2D eigenvalue weighted by molar-refractivity contribution is -0.312. The molecule has 0 heterocycles. The second-order valence-corrected chi connectivity index (χ2v) is 4.46. The molecule has 0 aliphatic heterocycles. The molecule has 1 aliphatic rings. The predicted octanol–water partition coefficient (Wildman–Crippen LogP) is -0.405. The number of rotatable bonds is 4. The van der Waals surface area contributed by atoms with Crippen LogP contribution in [0.5, 0.6) is 0 Å². The SMILES string of the molecule is CCC(N=C(N)N)C1CCC(C(=O)[O-])CC1. The molecule has 0 radical (unpaired) electrons. The minimum atomic E-state index is -0.923. The first-order valence-corrected chi connectivity index (χ1v) is 5.84. The van der Waals surface area contributed by atoms with Crippen LogP contribution >= 0.6 is 0 Å². The van der Waals surface area contributed by atoms with E-state index in [9.17, 15) is 9.90 Å². The number of carboxylic acid groups (broad SMARTS) is 1. The highest BCUT2D eigenvalue weighted by atomic mass is 16.4. The summed E-state index contributed by atoms with van der Waals surface area (Å²) >= 11 is 0. The molecule has 0 bridgehead atoms. The van der Waals surface area contributed by atoms with Crippen LogP contribution < -0.4 is 16.6 Å². The van der Waals surface area contributed by atoms with Gasteiger partial charge in [-0.05, 0) is 43.9 Å². The minimum absolute atomic E-state index is 0.119. The standard InChI is InChI=1S/C11H21N3O2/c1-2-9(14-11(12)13)7-3-5-8(6-4-7)10(15)16/h7-9H,2-6H2,1H3,(H,15,16)(H4,12,13,14)/p-1. The average Bonchev–Trinajstić information content (AvgIpc) is 2.25. The second kappa shape index (κ2) is 5.72. The predicted molar refractivity (Wildman–Crippen MR) is 60.3 cm³/mol. The van der Waals surface area contributed by atoms with Crippen molar-refractivity contribution in [2.75, 3.05) is 0 Å². The van der Waals surface area contributed by atoms with E-state index in [1.165, 1.54) is 0 Å². The Hall–Kier alpha value is -1.26. The maximum Gasteiger partial charge on any atom is 0.186 e. The van der Waals surface area contributed by atoms with Crippen LogP contribution in [0.25, 0.3) is 0 Å². The summed E-state index contributed by atoms with van der Waals surface area (Å²) in [5.74, 6) is -0.683. The van der Waals surface area contributed by atoms with E-state index in [0.29, 0.717) is 18.8 Å². The fourth-order valence-electron chi connectivity index (χ4n) is 2.46. The van der Waals surface area contributed by atoms with Gasteiger partial charge in [0.25, 0.3) is 0 Å². The van der Waals surface area contributed by atoms with Crippen LogP contribution in [0, 0.1) is 11.8 Å². The number of guanidine groups is 1. The van der Waals surface area contributed by atoms with Crippen molar-refractivity contribution in [1.82, 2.24) is 0 Å². The first-order valence-electron chi connectivity index (χ1n) is 5.84. The number of carboxylic acids is 1. The van der Waals surface area contributed by atoms with Gasteiger partial charge in [0, 0.05) is 5.97 Å². The highest BCUT2D eigenvalue weighted by Gasteiger charge is 2.26. The number of carbonyl (C=O) groups is 1. The number of hydrogen-bond donors (Lipinski definition) is 2. The van der Waals surface area contributed by atoms with Gasteiger partial charge in [0.2, 0.25) is 0 Å². The molecular weight excluding hydrogens is 206 g/mol. The smallest absolute Gasteiger partial charge is 0.186 e. The highest BCUT2D eigenvalue weighted by molar-refractivity contribution is 5.75. The number of aliphatic imine (C=N–C) groups is 1. The lowest BCUT2D eigenvalue weighted by Crippen LogP contribution is -2.36. The Morgan fingerprint density at radius 1 is 1.38 bits per heavy atom. The van der Waals surface area contributed by atoms with Crippen molar-refractivity contribution in [2.45, 2.75) is 45.1 Å². The summed E-state index contributed by atoms with van der Waals surface area (Å²) in [6, 6.07) is 0.132. The Balaban J connectivity index is 2.51. The molecule has 0 amide bonds. The van der Waals surface area contributed by atoms with Crippen LogP contribution in [0.15, 0.2) is 4.99 Å². The van der Waals surface area contributed by atoms with Crippen molar-refractivity contribution in [3.05, 3.63) is 0 Å². The number of hydrogen-bond acceptors (Lipinski definition) is 3. The first kappa shape index (κ1) is 12.8. The molecule has 1 atom stereocenters. The zero-order valence-electron chi connectivity index (χ0n) is 9.69. The molecule has 4 N–H and O–H groups in total. The third-order valence-corrected chi connectivity index (χ3v) is 3.38. The molecule has 0 aromatic rings. The van der Waals surface area contributed by atoms with E-state index in [1.807, 2.05) is 6.92 Å². The van der Waals surface area contributed by atoms with Gasteiger partial charge in [-0.3, -0.25) is 4.99 Å². The van der Waals surface area contributed by atoms with E-state index >= 15 is 0 Å². The maximum atomic E-state index is 10.7. The molecule has 1 rings (SSSR count). The van der Waals surface area contributed by atoms with Crippen molar-refractivity contribution < 1.29 is 9.90 Å². The van der Waals surface area contributed by atoms with E-state index in [0.717, 1.165) is 19.3 Å². The molecule has 0 spiro atoms. The monoisotopic (exact) mass is 226 g/mol. The summed E-state index contributed by atoms with van der Waals surface area (Å²) in [6.45, 7) is 2.04. The number of carbonyl (C=O) groups excluding carboxylic acids is 1. The fraction of sp³-hybridized carbons (Fsp3) is 0.818. The topological polar surface area (TPSA) is 105 Å². The molecule has 0 aromatic carbocycles. The molecule has 5 heteroatoms. The minimum Gasteiger partial charge on any atom is -0.550 e. The molecule has 16 heavy (non-hydrogen) atoms. The third-order valence-electron chi connectivity index (χ3n) is 3.38. The summed E-state index contributed by atoms with van der Waals surface area (Å²) in [6.07, 6.45) is 3.99. The Morgan fingerprint density at radius 3 is 2.31 bits per heavy atom. The highest BCUT2D eigenvalue weighted by Crippen LogP contribution is 2.32. The summed E-state index contributed by atoms with van der Waals surface area (Å²) in [5.41, 5.74) is 10.7. The van der Waals surface area contributed by atoms with Gasteiger partial charge in [0.05, 0.1) is 6.04 Å². The van der Waals surface area contributed by atoms with Crippen LogP contribution in [-0.4, -0.2) is 18.0 Å². The van der Waals surface area contributed by atoms with Gasteiger partial charge in [-0.2, -0.15) is 0 Å². The molecule has 1 unspecified atom stereocenters. The van der Waals surface area contributed by atoms with Crippen molar-refractivity contribution in [1.29, 1.82) is 0 Å². The quantitative estimate of drug-likeness (QED) is 0.502. The van der Waals surface area contributed by atoms with E-state index < -0.39 is 5.97 Å². The van der Waals surface area contributed by atoms with Crippen molar-refractivity contribution >= 4 is 11.9 Å². The molecule has 1 saturated carbocycles. The van der Waals surface area contributed by atoms with E-state index in [-0.39, 0.29) is 17.9 Å². The summed E-state index contributed by atoms with van der Waals surface area (Å²) < 4.78 is 0. The lowest BCUT2D eigenvalue weighted by atomic mass is 9.78. The zero-order valence-corrected chi connectivity index (χ0v) is 9.69. The number of aliphatic carboxylic acids is 1. The van der Waals surface area contributed by atoms with Gasteiger partial charge in [0.15, 0.2) is 5.96 Å². The normalized spacial score (nSPS) is 27.1. The average molecular weight is 226 g/mol. The number of nitrogens with zero attached hydrogens (tertiary/aromatic N) is 1. The molecule has 0 aromatic heterocycles. The van der Waals surface area contributed by atoms with Crippen LogP contribution in [0.2, 0.25) is 0 Å². The van der Waals surface area contributed by atoms with Crippen molar-refractivity contribution in [3.8, 4) is 0 Å². The van der Waals surface area contributed by atoms with Crippen LogP contribution in [-0.2, 0) is 4.79 Å². The third kappa shape index (κ3) is 3.40. The number of nitrogens with two attached hydrogens (primary N) is 2. The van der Waals surface area contributed by atoms with Gasteiger partial charge in [-0.15, -0.1) is 0 Å². The Morgan fingerprint density at radius 2 is 1.94 bits per heavy atom. The fourth-order valence-corrected chi connectivity index (χ4v) is 2.46. The van der Waals surface area contributed by atoms with E-state index in [1.54, 1.807) is 0 Å². The first-order chi connectivity index (χ1) is 7.54. The summed E-state index contributed by atoms with van der Waals surface area (Å²) in [4.78, 5) is 14.9. The maximum absolute atomic E-state index is 10.7. The Kier molecular flexibility index (Phi) is 4.58. The van der Waals surface area contributed by atoms with Gasteiger partial charge in [0.1, 0.15) is 0 Å². The Labute approximate surface area is 95.9 Å². The van der Waals surface area contributed by atoms with Crippen LogP contribution in [0.1, 0.15) is 39.0 Å². The van der Waals surface area contributed by atoms with Crippen molar-refractivity contribution in [3.63, 3.8) is 0 Å². The molecule has 1 aliphatic carbocycles. The second-order valence-electron chi connectivity index (χ2n) is 4.46. The molecule has 5 nitrogen and oxygen atoms in total. The van der Waals surface area contributed by atoms with Crippen LogP contribution in [0.3, 0.4) is 0 Å². The van der Waals surface area contributed by atoms with E-state index in [4.69, 9.17) is 11.5 Å². The Bertz CT molecular complexity index is 266. The summed E-state index contributed by atoms with van der Waals surface area (Å²) in [5, 5.41) is 10.7. The lowest BCUT2D eigenvalue weighted by Gasteiger charge is -2.32. The van der Waals surface area contributed by atoms with Crippen LogP contribution in [0.4, 0.5) is 0 Å². The van der Waals surface area contributed by atoms with Gasteiger partial charge >= 0.3 is 0 Å².